The summed E-state index contributed by atoms with van der Waals surface area (Å²) in [6.07, 6.45) is 1.78. The molecule has 0 aliphatic rings. The van der Waals surface area contributed by atoms with Gasteiger partial charge in [0.05, 0.1) is 12.1 Å². The molecule has 0 saturated carbocycles. The zero-order chi connectivity index (χ0) is 15.4. The van der Waals surface area contributed by atoms with Crippen molar-refractivity contribution in [3.8, 4) is 0 Å². The first-order chi connectivity index (χ1) is 9.97. The lowest BCUT2D eigenvalue weighted by molar-refractivity contribution is -0.136. The third-order valence-electron chi connectivity index (χ3n) is 3.35. The summed E-state index contributed by atoms with van der Waals surface area (Å²) in [6.45, 7) is 6.64. The number of pyridine rings is 1. The second kappa shape index (κ2) is 6.39. The van der Waals surface area contributed by atoms with Gasteiger partial charge in [-0.3, -0.25) is 4.79 Å². The fraction of sp³-hybridized carbons (Fsp3) is 0.400. The molecule has 0 fully saturated rings. The van der Waals surface area contributed by atoms with E-state index in [4.69, 9.17) is 9.63 Å². The van der Waals surface area contributed by atoms with E-state index in [1.165, 1.54) is 0 Å². The van der Waals surface area contributed by atoms with E-state index in [0.29, 0.717) is 13.1 Å². The van der Waals surface area contributed by atoms with Gasteiger partial charge in [-0.2, -0.15) is 0 Å². The average molecular weight is 289 g/mol. The lowest BCUT2D eigenvalue weighted by atomic mass is 10.2. The first kappa shape index (κ1) is 15.0. The molecule has 6 nitrogen and oxygen atoms in total. The Morgan fingerprint density at radius 2 is 2.14 bits per heavy atom. The number of aromatic nitrogens is 2. The van der Waals surface area contributed by atoms with E-state index in [1.54, 1.807) is 6.20 Å². The van der Waals surface area contributed by atoms with Crippen LogP contribution >= 0.6 is 0 Å². The van der Waals surface area contributed by atoms with E-state index in [-0.39, 0.29) is 6.42 Å². The van der Waals surface area contributed by atoms with Crippen LogP contribution in [0.15, 0.2) is 22.9 Å². The van der Waals surface area contributed by atoms with Gasteiger partial charge in [0.25, 0.3) is 0 Å². The van der Waals surface area contributed by atoms with Crippen molar-refractivity contribution >= 4 is 11.8 Å². The zero-order valence-corrected chi connectivity index (χ0v) is 12.5. The first-order valence-corrected chi connectivity index (χ1v) is 6.78. The minimum atomic E-state index is -0.827. The Hall–Kier alpha value is -2.37. The molecule has 0 radical (unpaired) electrons. The highest BCUT2D eigenvalue weighted by Crippen LogP contribution is 2.20. The Bertz CT molecular complexity index is 617. The predicted molar refractivity (Wildman–Crippen MR) is 78.3 cm³/mol. The number of rotatable bonds is 6. The van der Waals surface area contributed by atoms with E-state index in [2.05, 4.69) is 10.1 Å². The van der Waals surface area contributed by atoms with Gasteiger partial charge in [-0.1, -0.05) is 5.16 Å². The van der Waals surface area contributed by atoms with Gasteiger partial charge in [-0.05, 0) is 38.5 Å². The number of hydrogen-bond donors (Lipinski definition) is 1. The summed E-state index contributed by atoms with van der Waals surface area (Å²) in [6, 6.07) is 3.86. The molecular weight excluding hydrogens is 270 g/mol. The number of hydrogen-bond acceptors (Lipinski definition) is 5. The van der Waals surface area contributed by atoms with Crippen LogP contribution in [-0.4, -0.2) is 27.8 Å². The molecule has 0 unspecified atom stereocenters. The van der Waals surface area contributed by atoms with E-state index < -0.39 is 5.97 Å². The van der Waals surface area contributed by atoms with E-state index in [1.807, 2.05) is 37.8 Å². The van der Waals surface area contributed by atoms with Gasteiger partial charge in [0, 0.05) is 24.8 Å². The zero-order valence-electron chi connectivity index (χ0n) is 12.5. The molecule has 0 atom stereocenters. The molecule has 0 amide bonds. The van der Waals surface area contributed by atoms with Gasteiger partial charge in [0.1, 0.15) is 11.6 Å². The summed E-state index contributed by atoms with van der Waals surface area (Å²) in [7, 11) is 0. The molecule has 112 valence electrons. The maximum Gasteiger partial charge on any atom is 0.305 e. The fourth-order valence-corrected chi connectivity index (χ4v) is 2.12. The molecule has 2 rings (SSSR count). The fourth-order valence-electron chi connectivity index (χ4n) is 2.12. The number of anilines is 1. The summed E-state index contributed by atoms with van der Waals surface area (Å²) in [5.41, 5.74) is 2.88. The van der Waals surface area contributed by atoms with Gasteiger partial charge in [-0.15, -0.1) is 0 Å². The van der Waals surface area contributed by atoms with Gasteiger partial charge in [0.2, 0.25) is 0 Å². The number of carbonyl (C=O) groups is 1. The van der Waals surface area contributed by atoms with Crippen molar-refractivity contribution in [2.75, 3.05) is 11.4 Å². The molecule has 21 heavy (non-hydrogen) atoms. The molecular formula is C15H19N3O3. The van der Waals surface area contributed by atoms with E-state index in [9.17, 15) is 4.79 Å². The van der Waals surface area contributed by atoms with Gasteiger partial charge >= 0.3 is 5.97 Å². The molecule has 0 spiro atoms. The Kier molecular flexibility index (Phi) is 4.57. The molecule has 0 aromatic carbocycles. The number of aliphatic carboxylic acids is 1. The van der Waals surface area contributed by atoms with Crippen LogP contribution in [0.5, 0.6) is 0 Å². The molecule has 6 heteroatoms. The Morgan fingerprint density at radius 1 is 1.38 bits per heavy atom. The highest BCUT2D eigenvalue weighted by atomic mass is 16.5. The van der Waals surface area contributed by atoms with E-state index >= 15 is 0 Å². The van der Waals surface area contributed by atoms with Gasteiger partial charge in [-0.25, -0.2) is 4.98 Å². The summed E-state index contributed by atoms with van der Waals surface area (Å²) in [4.78, 5) is 17.1. The van der Waals surface area contributed by atoms with Crippen LogP contribution < -0.4 is 4.90 Å². The van der Waals surface area contributed by atoms with Crippen LogP contribution in [0.4, 0.5) is 5.82 Å². The molecule has 0 bridgehead atoms. The molecule has 2 heterocycles. The Balaban J connectivity index is 2.25. The predicted octanol–water partition coefficient (Wildman–Crippen LogP) is 2.48. The summed E-state index contributed by atoms with van der Waals surface area (Å²) in [5, 5.41) is 12.9. The maximum atomic E-state index is 10.9. The topological polar surface area (TPSA) is 79.5 Å². The minimum absolute atomic E-state index is 0.0546. The van der Waals surface area contributed by atoms with Crippen molar-refractivity contribution in [1.29, 1.82) is 0 Å². The van der Waals surface area contributed by atoms with Crippen LogP contribution in [0.1, 0.15) is 29.0 Å². The number of nitrogens with zero attached hydrogens (tertiary/aromatic N) is 3. The standard InChI is InChI=1S/C15H19N3O3/c1-10-4-6-16-14(8-10)18(7-5-15(19)20)9-13-11(2)17-21-12(13)3/h4,6,8H,5,7,9H2,1-3H3,(H,19,20). The summed E-state index contributed by atoms with van der Waals surface area (Å²) in [5.74, 6) is 0.683. The van der Waals surface area contributed by atoms with Crippen molar-refractivity contribution in [2.45, 2.75) is 33.7 Å². The molecule has 1 N–H and O–H groups in total. The monoisotopic (exact) mass is 289 g/mol. The van der Waals surface area contributed by atoms with Crippen molar-refractivity contribution in [3.63, 3.8) is 0 Å². The second-order valence-electron chi connectivity index (χ2n) is 5.06. The second-order valence-corrected chi connectivity index (χ2v) is 5.06. The first-order valence-electron chi connectivity index (χ1n) is 6.78. The Labute approximate surface area is 123 Å². The van der Waals surface area contributed by atoms with Crippen molar-refractivity contribution in [2.24, 2.45) is 0 Å². The largest absolute Gasteiger partial charge is 0.481 e. The van der Waals surface area contributed by atoms with Crippen LogP contribution in [0.2, 0.25) is 0 Å². The summed E-state index contributed by atoms with van der Waals surface area (Å²) >= 11 is 0. The average Bonchev–Trinajstić information content (AvgIpc) is 2.74. The van der Waals surface area contributed by atoms with E-state index in [0.717, 1.165) is 28.4 Å². The molecule has 2 aromatic rings. The quantitative estimate of drug-likeness (QED) is 0.880. The Morgan fingerprint density at radius 3 is 2.71 bits per heavy atom. The van der Waals surface area contributed by atoms with Gasteiger partial charge in [0.15, 0.2) is 0 Å². The minimum Gasteiger partial charge on any atom is -0.481 e. The van der Waals surface area contributed by atoms with Gasteiger partial charge < -0.3 is 14.5 Å². The number of carboxylic acid groups (broad SMARTS) is 1. The third kappa shape index (κ3) is 3.81. The van der Waals surface area contributed by atoms with Crippen molar-refractivity contribution < 1.29 is 14.4 Å². The van der Waals surface area contributed by atoms with Crippen LogP contribution in [0, 0.1) is 20.8 Å². The van der Waals surface area contributed by atoms with Crippen LogP contribution in [0.25, 0.3) is 0 Å². The molecule has 2 aromatic heterocycles. The number of aryl methyl sites for hydroxylation is 3. The molecule has 0 aliphatic heterocycles. The number of carboxylic acids is 1. The SMILES string of the molecule is Cc1ccnc(N(CCC(=O)O)Cc2c(C)noc2C)c1. The maximum absolute atomic E-state index is 10.9. The lowest BCUT2D eigenvalue weighted by Crippen LogP contribution is -2.27. The highest BCUT2D eigenvalue weighted by molar-refractivity contribution is 5.67. The van der Waals surface area contributed by atoms with Crippen molar-refractivity contribution in [1.82, 2.24) is 10.1 Å². The highest BCUT2D eigenvalue weighted by Gasteiger charge is 2.16. The third-order valence-corrected chi connectivity index (χ3v) is 3.35. The molecule has 0 aliphatic carbocycles. The smallest absolute Gasteiger partial charge is 0.305 e. The lowest BCUT2D eigenvalue weighted by Gasteiger charge is -2.23. The van der Waals surface area contributed by atoms with Crippen molar-refractivity contribution in [3.05, 3.63) is 40.9 Å². The van der Waals surface area contributed by atoms with Crippen LogP contribution in [0.3, 0.4) is 0 Å². The normalized spacial score (nSPS) is 10.6. The van der Waals surface area contributed by atoms with Crippen LogP contribution in [-0.2, 0) is 11.3 Å². The summed E-state index contributed by atoms with van der Waals surface area (Å²) < 4.78 is 5.17. The molecule has 0 saturated heterocycles.